The van der Waals surface area contributed by atoms with E-state index >= 15 is 0 Å². The molecular formula is C16H12O6. The molecule has 0 saturated carbocycles. The number of carboxylic acid groups (broad SMARTS) is 2. The van der Waals surface area contributed by atoms with Crippen LogP contribution in [-0.4, -0.2) is 33.0 Å². The monoisotopic (exact) mass is 300 g/mol. The molecule has 0 amide bonds. The van der Waals surface area contributed by atoms with Crippen molar-refractivity contribution in [2.45, 2.75) is 6.42 Å². The number of aromatic carboxylic acids is 2. The summed E-state index contributed by atoms with van der Waals surface area (Å²) >= 11 is 0. The van der Waals surface area contributed by atoms with Crippen molar-refractivity contribution in [3.63, 3.8) is 0 Å². The van der Waals surface area contributed by atoms with Gasteiger partial charge >= 0.3 is 11.9 Å². The largest absolute Gasteiger partial charge is 0.507 e. The van der Waals surface area contributed by atoms with Crippen molar-refractivity contribution in [1.29, 1.82) is 0 Å². The van der Waals surface area contributed by atoms with E-state index in [2.05, 4.69) is 0 Å². The Morgan fingerprint density at radius 1 is 0.864 bits per heavy atom. The van der Waals surface area contributed by atoms with E-state index in [4.69, 9.17) is 10.2 Å². The number of Topliss-reactive ketones (excluding diaryl/α,β-unsaturated/α-hetero) is 1. The number of hydrogen-bond acceptors (Lipinski definition) is 4. The number of carboxylic acids is 2. The lowest BCUT2D eigenvalue weighted by Gasteiger charge is -2.09. The molecule has 0 aliphatic heterocycles. The summed E-state index contributed by atoms with van der Waals surface area (Å²) < 4.78 is 0. The summed E-state index contributed by atoms with van der Waals surface area (Å²) in [5, 5.41) is 28.0. The highest BCUT2D eigenvalue weighted by atomic mass is 16.4. The zero-order valence-electron chi connectivity index (χ0n) is 11.3. The first-order chi connectivity index (χ1) is 10.4. The van der Waals surface area contributed by atoms with E-state index in [0.29, 0.717) is 5.56 Å². The summed E-state index contributed by atoms with van der Waals surface area (Å²) in [7, 11) is 0. The molecule has 112 valence electrons. The Kier molecular flexibility index (Phi) is 4.22. The maximum atomic E-state index is 12.1. The molecule has 2 aromatic carbocycles. The van der Waals surface area contributed by atoms with Crippen LogP contribution in [0.1, 0.15) is 36.6 Å². The Bertz CT molecular complexity index is 749. The summed E-state index contributed by atoms with van der Waals surface area (Å²) in [5.41, 5.74) is -0.760. The topological polar surface area (TPSA) is 112 Å². The summed E-state index contributed by atoms with van der Waals surface area (Å²) in [6.07, 6.45) is -0.226. The first-order valence-corrected chi connectivity index (χ1v) is 6.31. The number of rotatable bonds is 5. The summed E-state index contributed by atoms with van der Waals surface area (Å²) in [4.78, 5) is 34.2. The van der Waals surface area contributed by atoms with Gasteiger partial charge in [-0.15, -0.1) is 0 Å². The van der Waals surface area contributed by atoms with Gasteiger partial charge < -0.3 is 15.3 Å². The van der Waals surface area contributed by atoms with Crippen LogP contribution in [0.25, 0.3) is 0 Å². The van der Waals surface area contributed by atoms with E-state index in [0.717, 1.165) is 6.07 Å². The van der Waals surface area contributed by atoms with Crippen LogP contribution in [0, 0.1) is 0 Å². The summed E-state index contributed by atoms with van der Waals surface area (Å²) in [5.74, 6) is -4.04. The van der Waals surface area contributed by atoms with Gasteiger partial charge in [-0.3, -0.25) is 4.79 Å². The predicted octanol–water partition coefficient (Wildman–Crippen LogP) is 2.21. The molecule has 0 heterocycles. The van der Waals surface area contributed by atoms with Crippen LogP contribution >= 0.6 is 0 Å². The van der Waals surface area contributed by atoms with Gasteiger partial charge in [0.15, 0.2) is 5.78 Å². The second-order valence-corrected chi connectivity index (χ2v) is 4.57. The zero-order valence-corrected chi connectivity index (χ0v) is 11.3. The maximum absolute atomic E-state index is 12.1. The maximum Gasteiger partial charge on any atom is 0.340 e. The summed E-state index contributed by atoms with van der Waals surface area (Å²) in [6.45, 7) is 0. The van der Waals surface area contributed by atoms with E-state index in [9.17, 15) is 19.5 Å². The average molecular weight is 300 g/mol. The molecular weight excluding hydrogens is 288 g/mol. The van der Waals surface area contributed by atoms with Crippen LogP contribution in [-0.2, 0) is 6.42 Å². The Hall–Kier alpha value is -3.15. The number of carbonyl (C=O) groups excluding carboxylic acids is 1. The van der Waals surface area contributed by atoms with Gasteiger partial charge in [0.2, 0.25) is 0 Å². The van der Waals surface area contributed by atoms with Crippen LogP contribution in [0.15, 0.2) is 42.5 Å². The van der Waals surface area contributed by atoms with Gasteiger partial charge in [-0.05, 0) is 6.07 Å². The molecule has 0 atom stereocenters. The van der Waals surface area contributed by atoms with Crippen molar-refractivity contribution in [3.05, 3.63) is 64.7 Å². The van der Waals surface area contributed by atoms with E-state index in [1.165, 1.54) is 6.07 Å². The number of hydrogen-bond donors (Lipinski definition) is 3. The van der Waals surface area contributed by atoms with Gasteiger partial charge in [-0.2, -0.15) is 0 Å². The number of phenols is 1. The van der Waals surface area contributed by atoms with Crippen molar-refractivity contribution in [1.82, 2.24) is 0 Å². The highest BCUT2D eigenvalue weighted by molar-refractivity contribution is 6.05. The molecule has 6 heteroatoms. The molecule has 0 saturated heterocycles. The van der Waals surface area contributed by atoms with Gasteiger partial charge in [-0.25, -0.2) is 9.59 Å². The fourth-order valence-corrected chi connectivity index (χ4v) is 2.07. The predicted molar refractivity (Wildman–Crippen MR) is 76.5 cm³/mol. The minimum absolute atomic E-state index is 0.0660. The molecule has 6 nitrogen and oxygen atoms in total. The third kappa shape index (κ3) is 2.95. The molecule has 22 heavy (non-hydrogen) atoms. The minimum Gasteiger partial charge on any atom is -0.507 e. The molecule has 0 unspecified atom stereocenters. The third-order valence-corrected chi connectivity index (χ3v) is 3.15. The minimum atomic E-state index is -1.57. The van der Waals surface area contributed by atoms with Gasteiger partial charge in [0.1, 0.15) is 11.3 Å². The second-order valence-electron chi connectivity index (χ2n) is 4.57. The lowest BCUT2D eigenvalue weighted by atomic mass is 9.97. The highest BCUT2D eigenvalue weighted by Crippen LogP contribution is 2.27. The Morgan fingerprint density at radius 3 is 2.05 bits per heavy atom. The lowest BCUT2D eigenvalue weighted by Crippen LogP contribution is -2.11. The fourth-order valence-electron chi connectivity index (χ4n) is 2.07. The van der Waals surface area contributed by atoms with E-state index in [1.807, 2.05) is 0 Å². The zero-order chi connectivity index (χ0) is 16.3. The number of benzene rings is 2. The molecule has 0 aliphatic carbocycles. The molecule has 0 bridgehead atoms. The van der Waals surface area contributed by atoms with Crippen molar-refractivity contribution < 1.29 is 29.7 Å². The molecule has 0 aliphatic rings. The van der Waals surface area contributed by atoms with Crippen molar-refractivity contribution in [3.8, 4) is 5.75 Å². The number of carbonyl (C=O) groups is 3. The molecule has 3 N–H and O–H groups in total. The van der Waals surface area contributed by atoms with Crippen LogP contribution in [0.3, 0.4) is 0 Å². The molecule has 0 spiro atoms. The second kappa shape index (κ2) is 6.09. The van der Waals surface area contributed by atoms with Gasteiger partial charge in [0.25, 0.3) is 0 Å². The Balaban J connectivity index is 2.41. The molecule has 0 aromatic heterocycles. The third-order valence-electron chi connectivity index (χ3n) is 3.15. The van der Waals surface area contributed by atoms with Crippen LogP contribution < -0.4 is 0 Å². The highest BCUT2D eigenvalue weighted by Gasteiger charge is 2.23. The lowest BCUT2D eigenvalue weighted by molar-refractivity contribution is 0.0648. The summed E-state index contributed by atoms with van der Waals surface area (Å²) in [6, 6.07) is 10.6. The van der Waals surface area contributed by atoms with E-state index < -0.39 is 28.8 Å². The van der Waals surface area contributed by atoms with Crippen LogP contribution in [0.5, 0.6) is 5.75 Å². The Labute approximate surface area is 125 Å². The SMILES string of the molecule is O=C(Cc1ccc(C(=O)O)c(C(=O)O)c1O)c1ccccc1. The van der Waals surface area contributed by atoms with Gasteiger partial charge in [0, 0.05) is 17.5 Å². The standard InChI is InChI=1S/C16H12O6/c17-12(9-4-2-1-3-5-9)8-10-6-7-11(15(19)20)13(14(10)18)16(21)22/h1-7,18H,8H2,(H,19,20)(H,21,22). The number of aromatic hydroxyl groups is 1. The molecule has 0 fully saturated rings. The van der Waals surface area contributed by atoms with Crippen molar-refractivity contribution in [2.24, 2.45) is 0 Å². The average Bonchev–Trinajstić information content (AvgIpc) is 2.49. The van der Waals surface area contributed by atoms with Gasteiger partial charge in [-0.1, -0.05) is 36.4 Å². The van der Waals surface area contributed by atoms with Crippen LogP contribution in [0.4, 0.5) is 0 Å². The number of ketones is 1. The fraction of sp³-hybridized carbons (Fsp3) is 0.0625. The van der Waals surface area contributed by atoms with Gasteiger partial charge in [0.05, 0.1) is 5.56 Å². The van der Waals surface area contributed by atoms with Crippen LogP contribution in [0.2, 0.25) is 0 Å². The quantitative estimate of drug-likeness (QED) is 0.730. The smallest absolute Gasteiger partial charge is 0.340 e. The normalized spacial score (nSPS) is 10.2. The van der Waals surface area contributed by atoms with E-state index in [-0.39, 0.29) is 17.8 Å². The van der Waals surface area contributed by atoms with Crippen molar-refractivity contribution >= 4 is 17.7 Å². The Morgan fingerprint density at radius 2 is 1.50 bits per heavy atom. The molecule has 2 rings (SSSR count). The molecule has 0 radical (unpaired) electrons. The van der Waals surface area contributed by atoms with Crippen molar-refractivity contribution in [2.75, 3.05) is 0 Å². The van der Waals surface area contributed by atoms with E-state index in [1.54, 1.807) is 30.3 Å². The molecule has 2 aromatic rings. The first kappa shape index (κ1) is 15.2. The first-order valence-electron chi connectivity index (χ1n) is 6.31.